The van der Waals surface area contributed by atoms with E-state index in [2.05, 4.69) is 27.5 Å². The molecule has 30 heavy (non-hydrogen) atoms. The number of aliphatic imine (C=N–C) groups is 1. The number of unbranched alkanes of at least 4 members (excludes halogenated alkanes) is 1. The molecular weight excluding hydrogens is 513 g/mol. The predicted molar refractivity (Wildman–Crippen MR) is 131 cm³/mol. The van der Waals surface area contributed by atoms with Crippen molar-refractivity contribution in [2.24, 2.45) is 4.99 Å². The van der Waals surface area contributed by atoms with Crippen molar-refractivity contribution in [1.29, 1.82) is 0 Å². The first-order valence-corrected chi connectivity index (χ1v) is 10.8. The second-order valence-corrected chi connectivity index (χ2v) is 8.14. The van der Waals surface area contributed by atoms with E-state index in [9.17, 15) is 9.59 Å². The molecule has 7 nitrogen and oxygen atoms in total. The Kier molecular flexibility index (Phi) is 9.70. The molecule has 0 saturated heterocycles. The van der Waals surface area contributed by atoms with Gasteiger partial charge in [-0.15, -0.1) is 35.3 Å². The molecular formula is C21H28IN5O2S. The quantitative estimate of drug-likeness (QED) is 0.167. The van der Waals surface area contributed by atoms with Gasteiger partial charge in [-0.05, 0) is 38.8 Å². The molecule has 0 spiro atoms. The van der Waals surface area contributed by atoms with Gasteiger partial charge < -0.3 is 10.6 Å². The van der Waals surface area contributed by atoms with Gasteiger partial charge in [0.05, 0.1) is 16.1 Å². The van der Waals surface area contributed by atoms with Crippen LogP contribution < -0.4 is 10.6 Å². The van der Waals surface area contributed by atoms with Gasteiger partial charge in [-0.2, -0.15) is 0 Å². The summed E-state index contributed by atoms with van der Waals surface area (Å²) in [5, 5.41) is 7.68. The first kappa shape index (κ1) is 24.3. The fourth-order valence-corrected chi connectivity index (χ4v) is 3.95. The standard InChI is InChI=1S/C21H27N5O2S.HI/c1-3-22-21(24-12-10-18-25-14-15(2)29-18)23-11-6-7-13-26-19(27)16-8-4-5-9-17(16)20(26)28;/h4-5,8-9,14H,3,6-7,10-13H2,1-2H3,(H2,22,23,24);1H. The van der Waals surface area contributed by atoms with E-state index in [0.29, 0.717) is 24.2 Å². The number of thiazole rings is 1. The SMILES string of the molecule is CCNC(=NCCCCN1C(=O)c2ccccc2C1=O)NCCc1ncc(C)s1.I. The predicted octanol–water partition coefficient (Wildman–Crippen LogP) is 3.24. The smallest absolute Gasteiger partial charge is 0.261 e. The maximum absolute atomic E-state index is 12.4. The molecule has 0 bridgehead atoms. The minimum absolute atomic E-state index is 0. The normalized spacial score (nSPS) is 13.3. The van der Waals surface area contributed by atoms with E-state index in [1.54, 1.807) is 35.6 Å². The van der Waals surface area contributed by atoms with Crippen LogP contribution in [0.2, 0.25) is 0 Å². The number of aryl methyl sites for hydroxylation is 1. The number of hydrogen-bond acceptors (Lipinski definition) is 5. The third-order valence-corrected chi connectivity index (χ3v) is 5.56. The van der Waals surface area contributed by atoms with E-state index in [1.165, 1.54) is 9.78 Å². The fraction of sp³-hybridized carbons (Fsp3) is 0.429. The van der Waals surface area contributed by atoms with Gasteiger partial charge in [-0.25, -0.2) is 4.98 Å². The van der Waals surface area contributed by atoms with E-state index in [1.807, 2.05) is 13.1 Å². The Hall–Kier alpha value is -2.01. The van der Waals surface area contributed by atoms with Gasteiger partial charge in [0.15, 0.2) is 5.96 Å². The zero-order valence-electron chi connectivity index (χ0n) is 17.3. The molecule has 2 amide bonds. The van der Waals surface area contributed by atoms with Crippen molar-refractivity contribution >= 4 is 53.1 Å². The fourth-order valence-electron chi connectivity index (χ4n) is 3.16. The van der Waals surface area contributed by atoms with Crippen LogP contribution in [0.15, 0.2) is 35.5 Å². The number of halogens is 1. The minimum atomic E-state index is -0.193. The van der Waals surface area contributed by atoms with Crippen molar-refractivity contribution in [2.45, 2.75) is 33.1 Å². The Labute approximate surface area is 198 Å². The van der Waals surface area contributed by atoms with Crippen LogP contribution in [0.4, 0.5) is 0 Å². The molecule has 0 aliphatic carbocycles. The minimum Gasteiger partial charge on any atom is -0.357 e. The number of imide groups is 1. The molecule has 3 rings (SSSR count). The average Bonchev–Trinajstić information content (AvgIpc) is 3.24. The van der Waals surface area contributed by atoms with Crippen molar-refractivity contribution in [3.63, 3.8) is 0 Å². The summed E-state index contributed by atoms with van der Waals surface area (Å²) in [6, 6.07) is 6.99. The molecule has 0 unspecified atom stereocenters. The van der Waals surface area contributed by atoms with E-state index in [0.717, 1.165) is 43.3 Å². The Morgan fingerprint density at radius 1 is 1.13 bits per heavy atom. The number of carbonyl (C=O) groups is 2. The summed E-state index contributed by atoms with van der Waals surface area (Å²) in [7, 11) is 0. The van der Waals surface area contributed by atoms with Crippen LogP contribution in [-0.2, 0) is 6.42 Å². The summed E-state index contributed by atoms with van der Waals surface area (Å²) in [6.45, 7) is 6.71. The molecule has 1 aromatic carbocycles. The number of nitrogens with zero attached hydrogens (tertiary/aromatic N) is 3. The van der Waals surface area contributed by atoms with E-state index < -0.39 is 0 Å². The molecule has 0 radical (unpaired) electrons. The van der Waals surface area contributed by atoms with E-state index >= 15 is 0 Å². The number of fused-ring (bicyclic) bond motifs is 1. The zero-order chi connectivity index (χ0) is 20.6. The molecule has 1 aliphatic rings. The summed E-state index contributed by atoms with van der Waals surface area (Å²) in [5.41, 5.74) is 1.01. The van der Waals surface area contributed by atoms with Crippen LogP contribution in [0.25, 0.3) is 0 Å². The number of rotatable bonds is 9. The van der Waals surface area contributed by atoms with Crippen molar-refractivity contribution in [3.05, 3.63) is 51.5 Å². The maximum atomic E-state index is 12.4. The largest absolute Gasteiger partial charge is 0.357 e. The van der Waals surface area contributed by atoms with Crippen molar-refractivity contribution in [2.75, 3.05) is 26.2 Å². The van der Waals surface area contributed by atoms with Crippen LogP contribution in [0.3, 0.4) is 0 Å². The topological polar surface area (TPSA) is 86.7 Å². The van der Waals surface area contributed by atoms with Gasteiger partial charge in [0.1, 0.15) is 0 Å². The Morgan fingerprint density at radius 2 is 1.83 bits per heavy atom. The highest BCUT2D eigenvalue weighted by molar-refractivity contribution is 14.0. The summed E-state index contributed by atoms with van der Waals surface area (Å²) >= 11 is 1.71. The molecule has 0 fully saturated rings. The zero-order valence-corrected chi connectivity index (χ0v) is 20.5. The number of aromatic nitrogens is 1. The Morgan fingerprint density at radius 3 is 2.43 bits per heavy atom. The monoisotopic (exact) mass is 541 g/mol. The molecule has 1 aliphatic heterocycles. The Bertz CT molecular complexity index is 864. The lowest BCUT2D eigenvalue weighted by atomic mass is 10.1. The van der Waals surface area contributed by atoms with Crippen molar-refractivity contribution in [3.8, 4) is 0 Å². The molecule has 9 heteroatoms. The lowest BCUT2D eigenvalue weighted by Gasteiger charge is -2.13. The number of carbonyl (C=O) groups excluding carboxylic acids is 2. The van der Waals surface area contributed by atoms with Gasteiger partial charge in [-0.1, -0.05) is 12.1 Å². The third kappa shape index (κ3) is 6.24. The second-order valence-electron chi connectivity index (χ2n) is 6.82. The number of amides is 2. The number of hydrogen-bond donors (Lipinski definition) is 2. The lowest BCUT2D eigenvalue weighted by Crippen LogP contribution is -2.38. The highest BCUT2D eigenvalue weighted by Crippen LogP contribution is 2.22. The average molecular weight is 541 g/mol. The van der Waals surface area contributed by atoms with Crippen LogP contribution in [-0.4, -0.2) is 53.8 Å². The van der Waals surface area contributed by atoms with Gasteiger partial charge >= 0.3 is 0 Å². The molecule has 1 aromatic heterocycles. The summed E-state index contributed by atoms with van der Waals surface area (Å²) < 4.78 is 0. The summed E-state index contributed by atoms with van der Waals surface area (Å²) in [4.78, 5) is 36.2. The second kappa shape index (κ2) is 12.0. The third-order valence-electron chi connectivity index (χ3n) is 4.58. The highest BCUT2D eigenvalue weighted by Gasteiger charge is 2.34. The molecule has 2 aromatic rings. The van der Waals surface area contributed by atoms with Crippen LogP contribution >= 0.6 is 35.3 Å². The van der Waals surface area contributed by atoms with Gasteiger partial charge in [0.25, 0.3) is 11.8 Å². The van der Waals surface area contributed by atoms with Crippen LogP contribution in [0.1, 0.15) is 50.4 Å². The lowest BCUT2D eigenvalue weighted by molar-refractivity contribution is 0.0652. The molecule has 0 saturated carbocycles. The van der Waals surface area contributed by atoms with Gasteiger partial charge in [0, 0.05) is 43.7 Å². The van der Waals surface area contributed by atoms with Gasteiger partial charge in [-0.3, -0.25) is 19.5 Å². The molecule has 2 N–H and O–H groups in total. The number of nitrogens with one attached hydrogen (secondary N) is 2. The van der Waals surface area contributed by atoms with Crippen LogP contribution in [0.5, 0.6) is 0 Å². The van der Waals surface area contributed by atoms with Crippen molar-refractivity contribution in [1.82, 2.24) is 20.5 Å². The highest BCUT2D eigenvalue weighted by atomic mass is 127. The first-order valence-electron chi connectivity index (χ1n) is 9.99. The summed E-state index contributed by atoms with van der Waals surface area (Å²) in [5.74, 6) is 0.393. The van der Waals surface area contributed by atoms with E-state index in [4.69, 9.17) is 0 Å². The Balaban J connectivity index is 0.00000320. The molecule has 2 heterocycles. The molecule has 0 atom stereocenters. The number of benzene rings is 1. The first-order chi connectivity index (χ1) is 14.1. The van der Waals surface area contributed by atoms with Crippen molar-refractivity contribution < 1.29 is 9.59 Å². The summed E-state index contributed by atoms with van der Waals surface area (Å²) in [6.07, 6.45) is 4.29. The number of guanidine groups is 1. The molecule has 162 valence electrons. The van der Waals surface area contributed by atoms with E-state index in [-0.39, 0.29) is 35.8 Å². The van der Waals surface area contributed by atoms with Crippen LogP contribution in [0, 0.1) is 6.92 Å². The maximum Gasteiger partial charge on any atom is 0.261 e. The van der Waals surface area contributed by atoms with Gasteiger partial charge in [0.2, 0.25) is 0 Å².